The summed E-state index contributed by atoms with van der Waals surface area (Å²) in [6, 6.07) is 9.08. The number of carbonyl (C=O) groups is 2. The zero-order chi connectivity index (χ0) is 24.2. The molecule has 2 bridgehead atoms. The highest BCUT2D eigenvalue weighted by Crippen LogP contribution is 2.45. The second-order valence-corrected chi connectivity index (χ2v) is 9.01. The minimum absolute atomic E-state index is 0.0262. The van der Waals surface area contributed by atoms with Gasteiger partial charge < -0.3 is 20.1 Å². The molecule has 6 nitrogen and oxygen atoms in total. The number of ether oxygens (including phenoxy) is 2. The molecule has 0 heterocycles. The van der Waals surface area contributed by atoms with Gasteiger partial charge in [0, 0.05) is 23.7 Å². The van der Waals surface area contributed by atoms with E-state index in [9.17, 15) is 22.8 Å². The van der Waals surface area contributed by atoms with E-state index in [0.29, 0.717) is 24.0 Å². The molecule has 2 atom stereocenters. The molecule has 2 aromatic carbocycles. The summed E-state index contributed by atoms with van der Waals surface area (Å²) in [7, 11) is 0. The number of amides is 2. The number of benzene rings is 2. The van der Waals surface area contributed by atoms with Crippen LogP contribution in [0.25, 0.3) is 0 Å². The van der Waals surface area contributed by atoms with E-state index in [2.05, 4.69) is 10.6 Å². The van der Waals surface area contributed by atoms with Crippen LogP contribution in [0.3, 0.4) is 0 Å². The molecule has 2 aromatic rings. The highest BCUT2D eigenvalue weighted by Gasteiger charge is 2.46. The molecule has 0 saturated heterocycles. The van der Waals surface area contributed by atoms with E-state index in [1.807, 2.05) is 0 Å². The van der Waals surface area contributed by atoms with Gasteiger partial charge in [0.05, 0.1) is 5.02 Å². The molecule has 0 spiro atoms. The van der Waals surface area contributed by atoms with E-state index in [-0.39, 0.29) is 53.4 Å². The molecule has 2 amide bonds. The summed E-state index contributed by atoms with van der Waals surface area (Å²) in [4.78, 5) is 24.7. The van der Waals surface area contributed by atoms with Crippen molar-refractivity contribution in [1.82, 2.24) is 10.6 Å². The van der Waals surface area contributed by atoms with Crippen LogP contribution < -0.4 is 20.1 Å². The predicted octanol–water partition coefficient (Wildman–Crippen LogP) is 4.27. The van der Waals surface area contributed by atoms with E-state index in [4.69, 9.17) is 21.1 Å². The van der Waals surface area contributed by atoms with Crippen LogP contribution in [0.5, 0.6) is 11.5 Å². The maximum Gasteiger partial charge on any atom is 0.263 e. The number of hydrogen-bond donors (Lipinski definition) is 2. The first-order chi connectivity index (χ1) is 16.3. The second-order valence-electron chi connectivity index (χ2n) is 8.60. The quantitative estimate of drug-likeness (QED) is 0.543. The van der Waals surface area contributed by atoms with Crippen molar-refractivity contribution in [3.05, 3.63) is 58.9 Å². The lowest BCUT2D eigenvalue weighted by Gasteiger charge is -2.51. The normalized spacial score (nSPS) is 23.1. The van der Waals surface area contributed by atoms with E-state index in [1.54, 1.807) is 0 Å². The standard InChI is InChI=1S/C24H24ClF3N2O4/c25-18-6-5-17(9-19(18)26)34-12-23(32)30-21-10-20(14-7-15(21)8-14)29-22(31)11-33-16-3-1-13(2-4-16)24(27)28/h1-6,9,14-15,20-21,24H,7-8,10-12H2,(H,29,31)(H,30,32). The van der Waals surface area contributed by atoms with E-state index in [1.165, 1.54) is 36.4 Å². The Balaban J connectivity index is 1.22. The van der Waals surface area contributed by atoms with Crippen molar-refractivity contribution in [2.75, 3.05) is 13.2 Å². The van der Waals surface area contributed by atoms with Gasteiger partial charge in [-0.25, -0.2) is 13.2 Å². The lowest BCUT2D eigenvalue weighted by molar-refractivity contribution is -0.127. The summed E-state index contributed by atoms with van der Waals surface area (Å²) < 4.78 is 49.5. The predicted molar refractivity (Wildman–Crippen MR) is 118 cm³/mol. The Kier molecular flexibility index (Phi) is 7.50. The summed E-state index contributed by atoms with van der Waals surface area (Å²) in [5, 5.41) is 5.88. The number of alkyl halides is 2. The molecule has 2 unspecified atom stereocenters. The van der Waals surface area contributed by atoms with E-state index < -0.39 is 12.2 Å². The van der Waals surface area contributed by atoms with Crippen molar-refractivity contribution in [3.63, 3.8) is 0 Å². The average Bonchev–Trinajstić information content (AvgIpc) is 2.78. The third-order valence-corrected chi connectivity index (χ3v) is 6.62. The van der Waals surface area contributed by atoms with Gasteiger partial charge in [-0.05, 0) is 67.5 Å². The fraction of sp³-hybridized carbons (Fsp3) is 0.417. The van der Waals surface area contributed by atoms with Gasteiger partial charge in [0.1, 0.15) is 17.3 Å². The monoisotopic (exact) mass is 496 g/mol. The van der Waals surface area contributed by atoms with Crippen LogP contribution in [0, 0.1) is 17.7 Å². The van der Waals surface area contributed by atoms with Crippen LogP contribution in [0.2, 0.25) is 5.02 Å². The van der Waals surface area contributed by atoms with Crippen LogP contribution in [-0.2, 0) is 9.59 Å². The molecule has 10 heteroatoms. The van der Waals surface area contributed by atoms with Crippen LogP contribution in [0.15, 0.2) is 42.5 Å². The largest absolute Gasteiger partial charge is 0.484 e. The average molecular weight is 497 g/mol. The zero-order valence-electron chi connectivity index (χ0n) is 18.1. The van der Waals surface area contributed by atoms with Gasteiger partial charge in [0.2, 0.25) is 0 Å². The molecule has 182 valence electrons. The minimum Gasteiger partial charge on any atom is -0.484 e. The summed E-state index contributed by atoms with van der Waals surface area (Å²) in [5.41, 5.74) is -0.114. The number of rotatable bonds is 9. The van der Waals surface area contributed by atoms with Crippen molar-refractivity contribution < 1.29 is 32.2 Å². The Hall–Kier alpha value is -2.94. The van der Waals surface area contributed by atoms with Crippen LogP contribution >= 0.6 is 11.6 Å². The van der Waals surface area contributed by atoms with Crippen molar-refractivity contribution in [3.8, 4) is 11.5 Å². The minimum atomic E-state index is -2.56. The smallest absolute Gasteiger partial charge is 0.263 e. The topological polar surface area (TPSA) is 76.7 Å². The highest BCUT2D eigenvalue weighted by molar-refractivity contribution is 6.30. The lowest BCUT2D eigenvalue weighted by Crippen LogP contribution is -2.60. The Bertz CT molecular complexity index is 1030. The lowest BCUT2D eigenvalue weighted by atomic mass is 9.60. The molecule has 3 aliphatic rings. The Labute approximate surface area is 199 Å². The van der Waals surface area contributed by atoms with Gasteiger partial charge in [-0.3, -0.25) is 9.59 Å². The molecular weight excluding hydrogens is 473 g/mol. The van der Waals surface area contributed by atoms with Crippen molar-refractivity contribution in [2.45, 2.75) is 37.8 Å². The fourth-order valence-corrected chi connectivity index (χ4v) is 4.57. The molecule has 3 saturated carbocycles. The molecule has 0 aromatic heterocycles. The molecule has 34 heavy (non-hydrogen) atoms. The SMILES string of the molecule is O=C(COc1ccc(C(F)F)cc1)NC1CC(NC(=O)COc2ccc(Cl)c(F)c2)C2CC1C2. The first-order valence-corrected chi connectivity index (χ1v) is 11.3. The fourth-order valence-electron chi connectivity index (χ4n) is 4.45. The van der Waals surface area contributed by atoms with Crippen LogP contribution in [0.4, 0.5) is 13.2 Å². The summed E-state index contributed by atoms with van der Waals surface area (Å²) in [6.07, 6.45) is -0.175. The number of nitrogens with one attached hydrogen (secondary N) is 2. The molecule has 0 aliphatic heterocycles. The summed E-state index contributed by atoms with van der Waals surface area (Å²) in [6.45, 7) is -0.494. The third-order valence-electron chi connectivity index (χ3n) is 6.31. The number of halogens is 4. The van der Waals surface area contributed by atoms with Gasteiger partial charge in [-0.1, -0.05) is 11.6 Å². The van der Waals surface area contributed by atoms with Crippen LogP contribution in [-0.4, -0.2) is 37.1 Å². The van der Waals surface area contributed by atoms with Gasteiger partial charge in [-0.15, -0.1) is 0 Å². The Morgan fingerprint density at radius 1 is 0.882 bits per heavy atom. The number of carbonyl (C=O) groups excluding carboxylic acids is 2. The molecule has 5 rings (SSSR count). The van der Waals surface area contributed by atoms with Gasteiger partial charge in [-0.2, -0.15) is 0 Å². The first kappa shape index (κ1) is 24.2. The molecule has 3 fully saturated rings. The number of fused-ring (bicyclic) bond motifs is 2. The number of hydrogen-bond acceptors (Lipinski definition) is 4. The van der Waals surface area contributed by atoms with Crippen LogP contribution in [0.1, 0.15) is 31.3 Å². The third kappa shape index (κ3) is 5.94. The molecular formula is C24H24ClF3N2O4. The maximum absolute atomic E-state index is 13.5. The summed E-state index contributed by atoms with van der Waals surface area (Å²) in [5.74, 6) is -0.0330. The van der Waals surface area contributed by atoms with Gasteiger partial charge in [0.25, 0.3) is 18.2 Å². The van der Waals surface area contributed by atoms with Gasteiger partial charge >= 0.3 is 0 Å². The molecule has 2 N–H and O–H groups in total. The molecule has 0 radical (unpaired) electrons. The second kappa shape index (κ2) is 10.5. The summed E-state index contributed by atoms with van der Waals surface area (Å²) >= 11 is 5.64. The Morgan fingerprint density at radius 2 is 1.41 bits per heavy atom. The van der Waals surface area contributed by atoms with Crippen molar-refractivity contribution in [2.24, 2.45) is 11.8 Å². The Morgan fingerprint density at radius 3 is 1.94 bits per heavy atom. The van der Waals surface area contributed by atoms with E-state index in [0.717, 1.165) is 18.9 Å². The molecule has 3 aliphatic carbocycles. The maximum atomic E-state index is 13.5. The van der Waals surface area contributed by atoms with E-state index >= 15 is 0 Å². The first-order valence-electron chi connectivity index (χ1n) is 11.0. The van der Waals surface area contributed by atoms with Gasteiger partial charge in [0.15, 0.2) is 13.2 Å². The van der Waals surface area contributed by atoms with Crippen molar-refractivity contribution in [1.29, 1.82) is 0 Å². The van der Waals surface area contributed by atoms with Crippen molar-refractivity contribution >= 4 is 23.4 Å². The zero-order valence-corrected chi connectivity index (χ0v) is 18.9. The highest BCUT2D eigenvalue weighted by atomic mass is 35.5.